The molecule has 1 aliphatic rings. The Kier molecular flexibility index (Phi) is 1.39. The fourth-order valence-electron chi connectivity index (χ4n) is 1.67. The summed E-state index contributed by atoms with van der Waals surface area (Å²) in [5.74, 6) is 0. The molecule has 14 heavy (non-hydrogen) atoms. The molecule has 0 amide bonds. The fraction of sp³-hybridized carbons (Fsp3) is 0.100. The third-order valence-corrected chi connectivity index (χ3v) is 3.53. The molecule has 0 bridgehead atoms. The van der Waals surface area contributed by atoms with E-state index in [9.17, 15) is 4.79 Å². The predicted octanol–water partition coefficient (Wildman–Crippen LogP) is 3.00. The second-order valence-electron chi connectivity index (χ2n) is 3.14. The van der Waals surface area contributed by atoms with Crippen LogP contribution in [0, 0.1) is 0 Å². The predicted molar refractivity (Wildman–Crippen MR) is 52.8 cm³/mol. The average Bonchev–Trinajstić information content (AvgIpc) is 2.68. The molecule has 1 heterocycles. The van der Waals surface area contributed by atoms with Gasteiger partial charge in [0.05, 0.1) is 4.88 Å². The van der Waals surface area contributed by atoms with Crippen molar-refractivity contribution in [3.63, 3.8) is 0 Å². The minimum absolute atomic E-state index is 0.285. The van der Waals surface area contributed by atoms with Crippen molar-refractivity contribution in [1.82, 2.24) is 0 Å². The Morgan fingerprint density at radius 1 is 1.43 bits per heavy atom. The lowest BCUT2D eigenvalue weighted by Gasteiger charge is -1.97. The van der Waals surface area contributed by atoms with Crippen molar-refractivity contribution in [2.45, 2.75) is 6.10 Å². The quantitative estimate of drug-likeness (QED) is 0.729. The molecular formula is C10H6O3S. The largest absolute Gasteiger partial charge is 0.506 e. The first-order chi connectivity index (χ1) is 6.77. The van der Waals surface area contributed by atoms with E-state index in [4.69, 9.17) is 9.84 Å². The lowest BCUT2D eigenvalue weighted by Crippen LogP contribution is -1.97. The fourth-order valence-corrected chi connectivity index (χ4v) is 2.89. The molecule has 0 saturated heterocycles. The van der Waals surface area contributed by atoms with Crippen LogP contribution in [-0.2, 0) is 4.74 Å². The minimum Gasteiger partial charge on any atom is -0.450 e. The molecule has 1 unspecified atom stereocenters. The van der Waals surface area contributed by atoms with E-state index >= 15 is 0 Å². The van der Waals surface area contributed by atoms with Crippen LogP contribution in [0.2, 0.25) is 0 Å². The Labute approximate surface area is 83.5 Å². The normalized spacial score (nSPS) is 17.9. The van der Waals surface area contributed by atoms with E-state index in [1.165, 1.54) is 4.70 Å². The number of carboxylic acid groups (broad SMARTS) is 1. The van der Waals surface area contributed by atoms with Gasteiger partial charge in [-0.25, -0.2) is 4.79 Å². The van der Waals surface area contributed by atoms with Gasteiger partial charge in [0.25, 0.3) is 0 Å². The number of benzene rings is 1. The second-order valence-corrected chi connectivity index (χ2v) is 4.22. The monoisotopic (exact) mass is 206 g/mol. The first-order valence-corrected chi connectivity index (χ1v) is 5.00. The van der Waals surface area contributed by atoms with E-state index in [0.717, 1.165) is 15.8 Å². The second kappa shape index (κ2) is 2.48. The highest BCUT2D eigenvalue weighted by molar-refractivity contribution is 7.20. The number of hydrogen-bond donors (Lipinski definition) is 1. The topological polar surface area (TPSA) is 46.5 Å². The summed E-state index contributed by atoms with van der Waals surface area (Å²) >= 11 is 1.61. The van der Waals surface area contributed by atoms with Crippen LogP contribution < -0.4 is 0 Å². The summed E-state index contributed by atoms with van der Waals surface area (Å²) in [5.41, 5.74) is 1.05. The molecule has 0 saturated carbocycles. The minimum atomic E-state index is -1.21. The number of carbonyl (C=O) groups is 1. The van der Waals surface area contributed by atoms with Gasteiger partial charge in [-0.15, -0.1) is 11.3 Å². The van der Waals surface area contributed by atoms with E-state index in [0.29, 0.717) is 0 Å². The van der Waals surface area contributed by atoms with E-state index in [1.54, 1.807) is 11.3 Å². The Morgan fingerprint density at radius 2 is 2.21 bits per heavy atom. The third kappa shape index (κ3) is 0.943. The Morgan fingerprint density at radius 3 is 3.00 bits per heavy atom. The highest BCUT2D eigenvalue weighted by Gasteiger charge is 2.41. The maximum atomic E-state index is 10.3. The molecule has 0 radical (unpaired) electrons. The maximum Gasteiger partial charge on any atom is 0.506 e. The molecule has 1 N–H and O–H groups in total. The van der Waals surface area contributed by atoms with Crippen LogP contribution in [0.3, 0.4) is 0 Å². The van der Waals surface area contributed by atoms with E-state index in [-0.39, 0.29) is 6.10 Å². The summed E-state index contributed by atoms with van der Waals surface area (Å²) in [5, 5.41) is 9.59. The number of hydrogen-bond acceptors (Lipinski definition) is 3. The Bertz CT molecular complexity index is 529. The number of rotatable bonds is 1. The zero-order chi connectivity index (χ0) is 9.71. The molecule has 3 rings (SSSR count). The highest BCUT2D eigenvalue weighted by Crippen LogP contribution is 2.54. The average molecular weight is 206 g/mol. The van der Waals surface area contributed by atoms with Crippen molar-refractivity contribution >= 4 is 27.6 Å². The van der Waals surface area contributed by atoms with Crippen LogP contribution in [0.1, 0.15) is 16.5 Å². The number of fused-ring (bicyclic) bond motifs is 3. The molecule has 0 fully saturated rings. The summed E-state index contributed by atoms with van der Waals surface area (Å²) < 4.78 is 5.90. The molecule has 0 spiro atoms. The van der Waals surface area contributed by atoms with E-state index in [1.807, 2.05) is 24.3 Å². The van der Waals surface area contributed by atoms with Gasteiger partial charge in [0.1, 0.15) is 0 Å². The van der Waals surface area contributed by atoms with Gasteiger partial charge < -0.3 is 9.84 Å². The van der Waals surface area contributed by atoms with Gasteiger partial charge >= 0.3 is 6.16 Å². The third-order valence-electron chi connectivity index (χ3n) is 2.30. The maximum absolute atomic E-state index is 10.3. The van der Waals surface area contributed by atoms with Crippen LogP contribution in [0.25, 0.3) is 10.1 Å². The molecule has 2 aromatic rings. The Balaban J connectivity index is 2.03. The molecule has 70 valence electrons. The van der Waals surface area contributed by atoms with Crippen molar-refractivity contribution in [2.24, 2.45) is 0 Å². The molecular weight excluding hydrogens is 200 g/mol. The zero-order valence-corrected chi connectivity index (χ0v) is 7.88. The molecule has 1 aliphatic carbocycles. The van der Waals surface area contributed by atoms with Crippen molar-refractivity contribution in [2.75, 3.05) is 0 Å². The first kappa shape index (κ1) is 7.82. The molecule has 1 atom stereocenters. The molecule has 0 aliphatic heterocycles. The van der Waals surface area contributed by atoms with Gasteiger partial charge in [0.15, 0.2) is 6.10 Å². The number of ether oxygens (including phenoxy) is 1. The summed E-state index contributed by atoms with van der Waals surface area (Å²) in [6.45, 7) is 0. The van der Waals surface area contributed by atoms with Crippen LogP contribution >= 0.6 is 11.3 Å². The zero-order valence-electron chi connectivity index (χ0n) is 7.06. The van der Waals surface area contributed by atoms with E-state index in [2.05, 4.69) is 0 Å². The molecule has 3 nitrogen and oxygen atoms in total. The molecule has 1 aromatic heterocycles. The number of thiophene rings is 1. The first-order valence-electron chi connectivity index (χ1n) is 4.18. The van der Waals surface area contributed by atoms with Crippen molar-refractivity contribution in [3.8, 4) is 0 Å². The van der Waals surface area contributed by atoms with Gasteiger partial charge in [-0.2, -0.15) is 0 Å². The van der Waals surface area contributed by atoms with Gasteiger partial charge in [0.2, 0.25) is 0 Å². The van der Waals surface area contributed by atoms with Crippen LogP contribution in [0.4, 0.5) is 4.79 Å². The van der Waals surface area contributed by atoms with Crippen LogP contribution in [-0.4, -0.2) is 11.3 Å². The van der Waals surface area contributed by atoms with Crippen LogP contribution in [0.15, 0.2) is 24.3 Å². The Hall–Kier alpha value is -1.55. The summed E-state index contributed by atoms with van der Waals surface area (Å²) in [7, 11) is 0. The van der Waals surface area contributed by atoms with Crippen LogP contribution in [0.5, 0.6) is 0 Å². The standard InChI is InChI=1S/C10H6O3S/c11-10(12)13-8-7-5-3-1-2-4-6(5)14-9(7)8/h1-4,8H,(H,11,12). The summed E-state index contributed by atoms with van der Waals surface area (Å²) in [4.78, 5) is 11.4. The smallest absolute Gasteiger partial charge is 0.450 e. The van der Waals surface area contributed by atoms with Crippen molar-refractivity contribution in [1.29, 1.82) is 0 Å². The highest BCUT2D eigenvalue weighted by atomic mass is 32.1. The van der Waals surface area contributed by atoms with Gasteiger partial charge in [0, 0.05) is 15.6 Å². The van der Waals surface area contributed by atoms with Crippen molar-refractivity contribution < 1.29 is 14.6 Å². The lowest BCUT2D eigenvalue weighted by atomic mass is 10.2. The van der Waals surface area contributed by atoms with Gasteiger partial charge in [-0.3, -0.25) is 0 Å². The molecule has 4 heteroatoms. The lowest BCUT2D eigenvalue weighted by molar-refractivity contribution is 0.0813. The van der Waals surface area contributed by atoms with E-state index < -0.39 is 6.16 Å². The van der Waals surface area contributed by atoms with Gasteiger partial charge in [-0.05, 0) is 6.07 Å². The SMILES string of the molecule is O=C(O)OC1c2sc3ccccc3c21. The summed E-state index contributed by atoms with van der Waals surface area (Å²) in [6.07, 6.45) is -1.49. The van der Waals surface area contributed by atoms with Gasteiger partial charge in [-0.1, -0.05) is 18.2 Å². The summed E-state index contributed by atoms with van der Waals surface area (Å²) in [6, 6.07) is 7.95. The molecule has 1 aromatic carbocycles. The van der Waals surface area contributed by atoms with Crippen molar-refractivity contribution in [3.05, 3.63) is 34.7 Å².